The van der Waals surface area contributed by atoms with Crippen LogP contribution >= 0.6 is 0 Å². The molecule has 0 saturated carbocycles. The zero-order chi connectivity index (χ0) is 23.0. The second-order valence-electron chi connectivity index (χ2n) is 8.20. The Morgan fingerprint density at radius 3 is 2.88 bits per heavy atom. The highest BCUT2D eigenvalue weighted by atomic mass is 19.1. The molecule has 10 nitrogen and oxygen atoms in total. The molecule has 32 heavy (non-hydrogen) atoms. The van der Waals surface area contributed by atoms with Gasteiger partial charge in [-0.25, -0.2) is 19.0 Å². The standard InChI is InChI=1S/C21H23FN6O4/c1-12-24-11-25-28(12)15-8-14(22)5-4-13(15)9-23-18(30)16-17(29)19(31)27-6-7-32-10-21(2,3)20(27)26-16/h4-5,8,11,29H,6-7,9-10H2,1-3H3,(H,23,30). The van der Waals surface area contributed by atoms with Crippen molar-refractivity contribution in [1.82, 2.24) is 29.6 Å². The van der Waals surface area contributed by atoms with E-state index in [1.807, 2.05) is 13.8 Å². The highest BCUT2D eigenvalue weighted by Gasteiger charge is 2.32. The fraction of sp³-hybridized carbons (Fsp3) is 0.381. The van der Waals surface area contributed by atoms with Crippen molar-refractivity contribution in [2.24, 2.45) is 0 Å². The summed E-state index contributed by atoms with van der Waals surface area (Å²) < 4.78 is 22.2. The minimum Gasteiger partial charge on any atom is -0.501 e. The van der Waals surface area contributed by atoms with Crippen molar-refractivity contribution in [3.63, 3.8) is 0 Å². The third-order valence-corrected chi connectivity index (χ3v) is 5.32. The van der Waals surface area contributed by atoms with Crippen LogP contribution < -0.4 is 10.9 Å². The average molecular weight is 442 g/mol. The van der Waals surface area contributed by atoms with E-state index in [0.717, 1.165) is 0 Å². The van der Waals surface area contributed by atoms with Crippen molar-refractivity contribution in [1.29, 1.82) is 0 Å². The lowest BCUT2D eigenvalue weighted by Gasteiger charge is -2.24. The van der Waals surface area contributed by atoms with Gasteiger partial charge in [0.1, 0.15) is 23.8 Å². The fourth-order valence-corrected chi connectivity index (χ4v) is 3.65. The van der Waals surface area contributed by atoms with Gasteiger partial charge in [-0.2, -0.15) is 5.10 Å². The molecule has 11 heteroatoms. The van der Waals surface area contributed by atoms with E-state index in [2.05, 4.69) is 20.4 Å². The third-order valence-electron chi connectivity index (χ3n) is 5.32. The number of amides is 1. The predicted octanol–water partition coefficient (Wildman–Crippen LogP) is 1.21. The van der Waals surface area contributed by atoms with Crippen LogP contribution in [0.2, 0.25) is 0 Å². The number of benzene rings is 1. The van der Waals surface area contributed by atoms with E-state index in [4.69, 9.17) is 4.74 Å². The minimum atomic E-state index is -0.727. The van der Waals surface area contributed by atoms with Gasteiger partial charge in [-0.15, -0.1) is 0 Å². The van der Waals surface area contributed by atoms with E-state index in [-0.39, 0.29) is 18.8 Å². The molecule has 2 aromatic heterocycles. The van der Waals surface area contributed by atoms with E-state index < -0.39 is 28.4 Å². The van der Waals surface area contributed by atoms with Gasteiger partial charge >= 0.3 is 0 Å². The monoisotopic (exact) mass is 442 g/mol. The van der Waals surface area contributed by atoms with Crippen LogP contribution in [-0.2, 0) is 23.2 Å². The highest BCUT2D eigenvalue weighted by Crippen LogP contribution is 2.25. The maximum absolute atomic E-state index is 13.9. The van der Waals surface area contributed by atoms with E-state index in [0.29, 0.717) is 36.1 Å². The predicted molar refractivity (Wildman–Crippen MR) is 111 cm³/mol. The van der Waals surface area contributed by atoms with Crippen LogP contribution in [0.15, 0.2) is 29.3 Å². The quantitative estimate of drug-likeness (QED) is 0.622. The van der Waals surface area contributed by atoms with E-state index in [1.165, 1.54) is 33.8 Å². The molecule has 1 aliphatic heterocycles. The summed E-state index contributed by atoms with van der Waals surface area (Å²) in [7, 11) is 0. The first-order chi connectivity index (χ1) is 15.2. The van der Waals surface area contributed by atoms with Gasteiger partial charge in [0.25, 0.3) is 11.5 Å². The lowest BCUT2D eigenvalue weighted by atomic mass is 9.93. The Morgan fingerprint density at radius 1 is 1.38 bits per heavy atom. The second kappa shape index (κ2) is 8.15. The molecule has 1 aliphatic rings. The van der Waals surface area contributed by atoms with Gasteiger partial charge in [0.2, 0.25) is 5.75 Å². The molecule has 0 atom stereocenters. The SMILES string of the molecule is Cc1ncnn1-c1cc(F)ccc1CNC(=O)c1nc2n(c(=O)c1O)CCOCC2(C)C. The van der Waals surface area contributed by atoms with Crippen LogP contribution in [-0.4, -0.2) is 48.5 Å². The molecule has 0 radical (unpaired) electrons. The van der Waals surface area contributed by atoms with Crippen LogP contribution in [0.4, 0.5) is 4.39 Å². The molecule has 3 aromatic rings. The number of fused-ring (bicyclic) bond motifs is 1. The number of carbonyl (C=O) groups is 1. The molecule has 1 aromatic carbocycles. The van der Waals surface area contributed by atoms with Crippen molar-refractivity contribution in [2.75, 3.05) is 13.2 Å². The van der Waals surface area contributed by atoms with Gasteiger partial charge < -0.3 is 15.2 Å². The number of hydrogen-bond donors (Lipinski definition) is 2. The number of hydrogen-bond acceptors (Lipinski definition) is 7. The minimum absolute atomic E-state index is 0.0141. The Hall–Kier alpha value is -3.60. The number of nitrogens with zero attached hydrogens (tertiary/aromatic N) is 5. The van der Waals surface area contributed by atoms with Crippen LogP contribution in [0.25, 0.3) is 5.69 Å². The summed E-state index contributed by atoms with van der Waals surface area (Å²) in [6, 6.07) is 4.08. The Balaban J connectivity index is 1.66. The van der Waals surface area contributed by atoms with Gasteiger partial charge in [-0.1, -0.05) is 19.9 Å². The van der Waals surface area contributed by atoms with Crippen molar-refractivity contribution in [3.05, 3.63) is 63.6 Å². The van der Waals surface area contributed by atoms with Crippen LogP contribution in [0.5, 0.6) is 5.75 Å². The van der Waals surface area contributed by atoms with Crippen LogP contribution in [0, 0.1) is 12.7 Å². The van der Waals surface area contributed by atoms with Gasteiger partial charge in [-0.3, -0.25) is 14.2 Å². The van der Waals surface area contributed by atoms with Crippen molar-refractivity contribution >= 4 is 5.91 Å². The zero-order valence-electron chi connectivity index (χ0n) is 17.9. The third kappa shape index (κ3) is 3.86. The first kappa shape index (κ1) is 21.6. The summed E-state index contributed by atoms with van der Waals surface area (Å²) in [5.41, 5.74) is -0.713. The topological polar surface area (TPSA) is 124 Å². The van der Waals surface area contributed by atoms with Gasteiger partial charge in [0.05, 0.1) is 25.4 Å². The number of aromatic nitrogens is 5. The largest absolute Gasteiger partial charge is 0.501 e. The lowest BCUT2D eigenvalue weighted by Crippen LogP contribution is -2.36. The van der Waals surface area contributed by atoms with Crippen molar-refractivity contribution in [3.8, 4) is 11.4 Å². The number of ether oxygens (including phenoxy) is 1. The summed E-state index contributed by atoms with van der Waals surface area (Å²) in [5, 5.41) is 17.1. The Morgan fingerprint density at radius 2 is 2.16 bits per heavy atom. The maximum Gasteiger partial charge on any atom is 0.296 e. The van der Waals surface area contributed by atoms with Crippen LogP contribution in [0.1, 0.15) is 41.5 Å². The van der Waals surface area contributed by atoms with Gasteiger partial charge in [0.15, 0.2) is 5.69 Å². The molecule has 0 unspecified atom stereocenters. The molecule has 4 rings (SSSR count). The fourth-order valence-electron chi connectivity index (χ4n) is 3.65. The van der Waals surface area contributed by atoms with E-state index >= 15 is 0 Å². The molecular weight excluding hydrogens is 419 g/mol. The maximum atomic E-state index is 13.9. The second-order valence-corrected chi connectivity index (χ2v) is 8.20. The lowest BCUT2D eigenvalue weighted by molar-refractivity contribution is 0.0939. The molecule has 2 N–H and O–H groups in total. The van der Waals surface area contributed by atoms with Crippen LogP contribution in [0.3, 0.4) is 0 Å². The number of nitrogens with one attached hydrogen (secondary N) is 1. The summed E-state index contributed by atoms with van der Waals surface area (Å²) in [6.45, 7) is 6.26. The number of rotatable bonds is 4. The molecule has 0 spiro atoms. The normalized spacial score (nSPS) is 15.1. The number of carbonyl (C=O) groups excluding carboxylic acids is 1. The summed E-state index contributed by atoms with van der Waals surface area (Å²) in [4.78, 5) is 34.0. The summed E-state index contributed by atoms with van der Waals surface area (Å²) >= 11 is 0. The van der Waals surface area contributed by atoms with Gasteiger partial charge in [0, 0.05) is 12.0 Å². The number of aromatic hydroxyl groups is 1. The summed E-state index contributed by atoms with van der Waals surface area (Å²) in [5.74, 6) is -1.01. The Kier molecular flexibility index (Phi) is 5.51. The first-order valence-electron chi connectivity index (χ1n) is 10.0. The summed E-state index contributed by atoms with van der Waals surface area (Å²) in [6.07, 6.45) is 1.35. The van der Waals surface area contributed by atoms with E-state index in [9.17, 15) is 19.1 Å². The smallest absolute Gasteiger partial charge is 0.296 e. The Bertz CT molecular complexity index is 1250. The first-order valence-corrected chi connectivity index (χ1v) is 10.0. The zero-order valence-corrected chi connectivity index (χ0v) is 17.9. The number of aryl methyl sites for hydroxylation is 1. The van der Waals surface area contributed by atoms with Crippen molar-refractivity contribution in [2.45, 2.75) is 39.3 Å². The highest BCUT2D eigenvalue weighted by molar-refractivity contribution is 5.94. The average Bonchev–Trinajstić information content (AvgIpc) is 3.11. The van der Waals surface area contributed by atoms with Gasteiger partial charge in [-0.05, 0) is 24.6 Å². The number of halogens is 1. The molecule has 3 heterocycles. The van der Waals surface area contributed by atoms with Crippen molar-refractivity contribution < 1.29 is 19.0 Å². The molecule has 0 fully saturated rings. The molecule has 168 valence electrons. The molecular formula is C21H23FN6O4. The molecule has 1 amide bonds. The Labute approximate surface area is 182 Å². The molecule has 0 saturated heterocycles. The molecule has 0 aliphatic carbocycles. The van der Waals surface area contributed by atoms with E-state index in [1.54, 1.807) is 6.92 Å². The molecule has 0 bridgehead atoms.